The highest BCUT2D eigenvalue weighted by Crippen LogP contribution is 2.12. The number of rotatable bonds is 4. The summed E-state index contributed by atoms with van der Waals surface area (Å²) in [6, 6.07) is 8.61. The molecule has 0 unspecified atom stereocenters. The maximum Gasteiger partial charge on any atom is 0.190 e. The highest BCUT2D eigenvalue weighted by Gasteiger charge is 1.97. The molecule has 0 aliphatic carbocycles. The van der Waals surface area contributed by atoms with Gasteiger partial charge in [0, 0.05) is 40.4 Å². The van der Waals surface area contributed by atoms with Crippen LogP contribution in [0.3, 0.4) is 0 Å². The first-order valence-electron chi connectivity index (χ1n) is 5.82. The molecule has 0 spiro atoms. The maximum atomic E-state index is 4.06. The topological polar surface area (TPSA) is 39.7 Å². The molecule has 18 heavy (non-hydrogen) atoms. The molecule has 0 bridgehead atoms. The highest BCUT2D eigenvalue weighted by atomic mass is 127. The van der Waals surface area contributed by atoms with Crippen LogP contribution < -0.4 is 15.5 Å². The van der Waals surface area contributed by atoms with Crippen molar-refractivity contribution in [2.75, 3.05) is 39.6 Å². The largest absolute Gasteiger partial charge is 0.378 e. The van der Waals surface area contributed by atoms with E-state index in [1.54, 1.807) is 7.05 Å². The Bertz CT molecular complexity index is 360. The minimum Gasteiger partial charge on any atom is -0.378 e. The lowest BCUT2D eigenvalue weighted by Crippen LogP contribution is -2.35. The fraction of sp³-hybridized carbons (Fsp3) is 0.462. The Balaban J connectivity index is 0.00000289. The molecule has 0 aliphatic rings. The molecule has 0 radical (unpaired) electrons. The van der Waals surface area contributed by atoms with Crippen molar-refractivity contribution in [2.24, 2.45) is 4.99 Å². The zero-order chi connectivity index (χ0) is 12.7. The standard InChI is InChI=1S/C13H22N4.HI/c1-14-13(15-2)16-10-9-11-5-7-12(8-6-11)17(3)4;/h5-8H,9-10H2,1-4H3,(H2,14,15,16);1H. The SMILES string of the molecule is CN=C(NC)NCCc1ccc(N(C)C)cc1.I. The van der Waals surface area contributed by atoms with Gasteiger partial charge in [0.2, 0.25) is 0 Å². The van der Waals surface area contributed by atoms with Crippen molar-refractivity contribution in [2.45, 2.75) is 6.42 Å². The number of aliphatic imine (C=N–C) groups is 1. The van der Waals surface area contributed by atoms with Crippen LogP contribution in [-0.2, 0) is 6.42 Å². The van der Waals surface area contributed by atoms with E-state index in [4.69, 9.17) is 0 Å². The van der Waals surface area contributed by atoms with Crippen molar-refractivity contribution in [3.05, 3.63) is 29.8 Å². The summed E-state index contributed by atoms with van der Waals surface area (Å²) in [5.41, 5.74) is 2.56. The summed E-state index contributed by atoms with van der Waals surface area (Å²) in [4.78, 5) is 6.16. The van der Waals surface area contributed by atoms with Crippen LogP contribution >= 0.6 is 24.0 Å². The van der Waals surface area contributed by atoms with Crippen LogP contribution in [0.4, 0.5) is 5.69 Å². The van der Waals surface area contributed by atoms with Gasteiger partial charge in [-0.2, -0.15) is 0 Å². The van der Waals surface area contributed by atoms with E-state index < -0.39 is 0 Å². The number of benzene rings is 1. The summed E-state index contributed by atoms with van der Waals surface area (Å²) in [6.45, 7) is 0.884. The number of nitrogens with zero attached hydrogens (tertiary/aromatic N) is 2. The molecule has 2 N–H and O–H groups in total. The fourth-order valence-electron chi connectivity index (χ4n) is 1.57. The van der Waals surface area contributed by atoms with Crippen LogP contribution in [-0.4, -0.2) is 40.7 Å². The van der Waals surface area contributed by atoms with Gasteiger partial charge in [-0.3, -0.25) is 4.99 Å². The Morgan fingerprint density at radius 2 is 1.83 bits per heavy atom. The van der Waals surface area contributed by atoms with E-state index in [0.29, 0.717) is 0 Å². The molecule has 5 heteroatoms. The summed E-state index contributed by atoms with van der Waals surface area (Å²) < 4.78 is 0. The summed E-state index contributed by atoms with van der Waals surface area (Å²) >= 11 is 0. The van der Waals surface area contributed by atoms with E-state index >= 15 is 0 Å². The molecule has 1 aromatic carbocycles. The predicted octanol–water partition coefficient (Wildman–Crippen LogP) is 1.71. The van der Waals surface area contributed by atoms with E-state index in [1.807, 2.05) is 21.1 Å². The third kappa shape index (κ3) is 5.57. The lowest BCUT2D eigenvalue weighted by Gasteiger charge is -2.13. The van der Waals surface area contributed by atoms with Gasteiger partial charge in [-0.25, -0.2) is 0 Å². The van der Waals surface area contributed by atoms with Gasteiger partial charge in [0.1, 0.15) is 0 Å². The average molecular weight is 362 g/mol. The molecular weight excluding hydrogens is 339 g/mol. The number of hydrogen-bond donors (Lipinski definition) is 2. The number of hydrogen-bond acceptors (Lipinski definition) is 2. The Hall–Kier alpha value is -0.980. The second-order valence-corrected chi connectivity index (χ2v) is 4.06. The van der Waals surface area contributed by atoms with E-state index in [0.717, 1.165) is 18.9 Å². The van der Waals surface area contributed by atoms with Crippen LogP contribution in [0.15, 0.2) is 29.3 Å². The van der Waals surface area contributed by atoms with Gasteiger partial charge in [0.15, 0.2) is 5.96 Å². The van der Waals surface area contributed by atoms with Gasteiger partial charge in [0.25, 0.3) is 0 Å². The van der Waals surface area contributed by atoms with Gasteiger partial charge in [-0.15, -0.1) is 24.0 Å². The minimum absolute atomic E-state index is 0. The molecule has 102 valence electrons. The van der Waals surface area contributed by atoms with Gasteiger partial charge >= 0.3 is 0 Å². The van der Waals surface area contributed by atoms with Crippen LogP contribution in [0.2, 0.25) is 0 Å². The Kier molecular flexibility index (Phi) is 8.53. The zero-order valence-electron chi connectivity index (χ0n) is 11.5. The summed E-state index contributed by atoms with van der Waals surface area (Å²) in [5, 5.41) is 6.23. The molecule has 0 saturated carbocycles. The predicted molar refractivity (Wildman–Crippen MR) is 90.3 cm³/mol. The smallest absolute Gasteiger partial charge is 0.190 e. The monoisotopic (exact) mass is 362 g/mol. The summed E-state index contributed by atoms with van der Waals surface area (Å²) in [5.74, 6) is 0.829. The van der Waals surface area contributed by atoms with E-state index in [-0.39, 0.29) is 24.0 Å². The first-order chi connectivity index (χ1) is 8.17. The van der Waals surface area contributed by atoms with Gasteiger partial charge in [-0.05, 0) is 24.1 Å². The normalized spacial score (nSPS) is 10.6. The number of guanidine groups is 1. The third-order valence-electron chi connectivity index (χ3n) is 2.62. The van der Waals surface area contributed by atoms with Gasteiger partial charge in [-0.1, -0.05) is 12.1 Å². The van der Waals surface area contributed by atoms with Crippen molar-refractivity contribution in [3.8, 4) is 0 Å². The third-order valence-corrected chi connectivity index (χ3v) is 2.62. The number of halogens is 1. The molecule has 1 aromatic rings. The van der Waals surface area contributed by atoms with Crippen LogP contribution in [0.5, 0.6) is 0 Å². The number of anilines is 1. The molecule has 0 aliphatic heterocycles. The zero-order valence-corrected chi connectivity index (χ0v) is 13.9. The van der Waals surface area contributed by atoms with Crippen molar-refractivity contribution >= 4 is 35.6 Å². The van der Waals surface area contributed by atoms with Crippen molar-refractivity contribution in [1.82, 2.24) is 10.6 Å². The number of nitrogens with one attached hydrogen (secondary N) is 2. The second-order valence-electron chi connectivity index (χ2n) is 4.06. The Morgan fingerprint density at radius 3 is 2.28 bits per heavy atom. The molecular formula is C13H23IN4. The van der Waals surface area contributed by atoms with Gasteiger partial charge < -0.3 is 15.5 Å². The maximum absolute atomic E-state index is 4.06. The molecule has 0 amide bonds. The fourth-order valence-corrected chi connectivity index (χ4v) is 1.57. The highest BCUT2D eigenvalue weighted by molar-refractivity contribution is 14.0. The lowest BCUT2D eigenvalue weighted by molar-refractivity contribution is 0.834. The molecule has 0 saturated heterocycles. The quantitative estimate of drug-likeness (QED) is 0.487. The molecule has 4 nitrogen and oxygen atoms in total. The Labute approximate surface area is 127 Å². The molecule has 1 rings (SSSR count). The molecule has 0 fully saturated rings. The van der Waals surface area contributed by atoms with Crippen LogP contribution in [0, 0.1) is 0 Å². The van der Waals surface area contributed by atoms with E-state index in [9.17, 15) is 0 Å². The van der Waals surface area contributed by atoms with Crippen LogP contribution in [0.25, 0.3) is 0 Å². The van der Waals surface area contributed by atoms with Crippen molar-refractivity contribution < 1.29 is 0 Å². The van der Waals surface area contributed by atoms with Crippen molar-refractivity contribution in [1.29, 1.82) is 0 Å². The Morgan fingerprint density at radius 1 is 1.22 bits per heavy atom. The lowest BCUT2D eigenvalue weighted by atomic mass is 10.1. The van der Waals surface area contributed by atoms with Crippen LogP contribution in [0.1, 0.15) is 5.56 Å². The van der Waals surface area contributed by atoms with Crippen molar-refractivity contribution in [3.63, 3.8) is 0 Å². The molecule has 0 aromatic heterocycles. The van der Waals surface area contributed by atoms with E-state index in [1.165, 1.54) is 11.3 Å². The first kappa shape index (κ1) is 17.0. The summed E-state index contributed by atoms with van der Waals surface area (Å²) in [6.07, 6.45) is 0.994. The minimum atomic E-state index is 0. The molecule has 0 heterocycles. The summed E-state index contributed by atoms with van der Waals surface area (Å²) in [7, 11) is 7.73. The average Bonchev–Trinajstić information content (AvgIpc) is 2.35. The molecule has 0 atom stereocenters. The second kappa shape index (κ2) is 9.02. The van der Waals surface area contributed by atoms with Gasteiger partial charge in [0.05, 0.1) is 0 Å². The first-order valence-corrected chi connectivity index (χ1v) is 5.82. The van der Waals surface area contributed by atoms with E-state index in [2.05, 4.69) is 44.8 Å².